The Morgan fingerprint density at radius 1 is 1.07 bits per heavy atom. The molecule has 0 unspecified atom stereocenters. The zero-order valence-electron chi connectivity index (χ0n) is 16.5. The van der Waals surface area contributed by atoms with Crippen molar-refractivity contribution >= 4 is 23.0 Å². The first-order valence-corrected chi connectivity index (χ1v) is 8.88. The van der Waals surface area contributed by atoms with E-state index < -0.39 is 16.8 Å². The molecule has 8 heteroatoms. The summed E-state index contributed by atoms with van der Waals surface area (Å²) in [5.41, 5.74) is -0.246. The Morgan fingerprint density at radius 3 is 2.38 bits per heavy atom. The van der Waals surface area contributed by atoms with Crippen LogP contribution in [-0.4, -0.2) is 18.1 Å². The van der Waals surface area contributed by atoms with Crippen LogP contribution in [0.1, 0.15) is 35.3 Å². The SMILES string of the molecule is CC[C@@H](Nc1c([N-]c2cccc(C(=O)NC)c2O)c(=O)c1=O)c1ccccc1.[Li+]. The van der Waals surface area contributed by atoms with E-state index in [4.69, 9.17) is 0 Å². The van der Waals surface area contributed by atoms with Gasteiger partial charge in [0.1, 0.15) is 5.75 Å². The molecule has 0 saturated heterocycles. The van der Waals surface area contributed by atoms with Crippen LogP contribution >= 0.6 is 0 Å². The van der Waals surface area contributed by atoms with Gasteiger partial charge in [0.05, 0.1) is 17.3 Å². The van der Waals surface area contributed by atoms with E-state index in [0.29, 0.717) is 6.42 Å². The Morgan fingerprint density at radius 2 is 1.76 bits per heavy atom. The molecular weight excluding hydrogens is 365 g/mol. The first-order valence-electron chi connectivity index (χ1n) is 8.88. The van der Waals surface area contributed by atoms with Crippen molar-refractivity contribution in [3.63, 3.8) is 0 Å². The van der Waals surface area contributed by atoms with Crippen LogP contribution in [0.5, 0.6) is 5.75 Å². The third-order valence-electron chi connectivity index (χ3n) is 4.53. The Labute approximate surface area is 180 Å². The maximum absolute atomic E-state index is 12.1. The number of hydrogen-bond donors (Lipinski definition) is 3. The monoisotopic (exact) mass is 385 g/mol. The van der Waals surface area contributed by atoms with Crippen LogP contribution in [0.2, 0.25) is 0 Å². The van der Waals surface area contributed by atoms with E-state index in [2.05, 4.69) is 16.0 Å². The van der Waals surface area contributed by atoms with Crippen LogP contribution in [0, 0.1) is 0 Å². The second-order valence-corrected chi connectivity index (χ2v) is 6.26. The summed E-state index contributed by atoms with van der Waals surface area (Å²) in [7, 11) is 1.44. The molecule has 29 heavy (non-hydrogen) atoms. The molecule has 0 saturated carbocycles. The first kappa shape index (κ1) is 22.3. The third-order valence-corrected chi connectivity index (χ3v) is 4.53. The van der Waals surface area contributed by atoms with Gasteiger partial charge in [-0.2, -0.15) is 0 Å². The largest absolute Gasteiger partial charge is 1.00 e. The smallest absolute Gasteiger partial charge is 0.650 e. The van der Waals surface area contributed by atoms with Gasteiger partial charge in [0.25, 0.3) is 5.91 Å². The topological polar surface area (TPSA) is 110 Å². The zero-order chi connectivity index (χ0) is 20.3. The summed E-state index contributed by atoms with van der Waals surface area (Å²) in [5.74, 6) is -0.830. The normalized spacial score (nSPS) is 11.4. The molecule has 144 valence electrons. The molecule has 7 nitrogen and oxygen atoms in total. The molecule has 0 bridgehead atoms. The minimum absolute atomic E-state index is 0. The molecule has 3 aromatic rings. The molecule has 0 aliphatic rings. The second-order valence-electron chi connectivity index (χ2n) is 6.26. The predicted molar refractivity (Wildman–Crippen MR) is 109 cm³/mol. The van der Waals surface area contributed by atoms with Crippen LogP contribution in [0.3, 0.4) is 0 Å². The van der Waals surface area contributed by atoms with Crippen LogP contribution in [-0.2, 0) is 0 Å². The van der Waals surface area contributed by atoms with Crippen LogP contribution < -0.4 is 40.4 Å². The zero-order valence-corrected chi connectivity index (χ0v) is 16.5. The molecule has 0 radical (unpaired) electrons. The number of para-hydroxylation sites is 1. The molecule has 0 heterocycles. The minimum Gasteiger partial charge on any atom is -0.650 e. The van der Waals surface area contributed by atoms with Crippen molar-refractivity contribution < 1.29 is 28.8 Å². The van der Waals surface area contributed by atoms with Crippen molar-refractivity contribution in [1.82, 2.24) is 5.32 Å². The number of aromatic hydroxyl groups is 1. The molecule has 3 N–H and O–H groups in total. The van der Waals surface area contributed by atoms with E-state index in [-0.39, 0.29) is 53.3 Å². The van der Waals surface area contributed by atoms with Crippen LogP contribution in [0.15, 0.2) is 58.1 Å². The molecule has 1 amide bonds. The summed E-state index contributed by atoms with van der Waals surface area (Å²) in [5, 5.41) is 20.0. The summed E-state index contributed by atoms with van der Waals surface area (Å²) >= 11 is 0. The average molecular weight is 385 g/mol. The van der Waals surface area contributed by atoms with Gasteiger partial charge in [-0.15, -0.1) is 0 Å². The van der Waals surface area contributed by atoms with Gasteiger partial charge in [-0.1, -0.05) is 60.8 Å². The predicted octanol–water partition coefficient (Wildman–Crippen LogP) is 0.252. The van der Waals surface area contributed by atoms with Crippen molar-refractivity contribution in [2.24, 2.45) is 0 Å². The van der Waals surface area contributed by atoms with Gasteiger partial charge < -0.3 is 21.1 Å². The van der Waals surface area contributed by atoms with E-state index in [1.807, 2.05) is 37.3 Å². The van der Waals surface area contributed by atoms with Crippen molar-refractivity contribution in [1.29, 1.82) is 0 Å². The number of phenols is 1. The number of benzene rings is 2. The number of nitrogens with one attached hydrogen (secondary N) is 2. The molecule has 1 atom stereocenters. The van der Waals surface area contributed by atoms with Crippen molar-refractivity contribution in [2.75, 3.05) is 12.4 Å². The second kappa shape index (κ2) is 9.46. The van der Waals surface area contributed by atoms with E-state index in [9.17, 15) is 19.5 Å². The number of hydrogen-bond acceptors (Lipinski definition) is 5. The molecule has 0 fully saturated rings. The van der Waals surface area contributed by atoms with Crippen molar-refractivity contribution in [3.8, 4) is 5.75 Å². The number of carbonyl (C=O) groups is 1. The van der Waals surface area contributed by atoms with Crippen molar-refractivity contribution in [2.45, 2.75) is 19.4 Å². The summed E-state index contributed by atoms with van der Waals surface area (Å²) in [6, 6.07) is 13.9. The number of rotatable bonds is 7. The maximum atomic E-state index is 12.1. The Hall–Kier alpha value is -3.01. The summed E-state index contributed by atoms with van der Waals surface area (Å²) < 4.78 is 0. The maximum Gasteiger partial charge on any atom is 1.00 e. The van der Waals surface area contributed by atoms with Gasteiger partial charge in [-0.3, -0.25) is 14.4 Å². The standard InChI is InChI=1S/C21H21N3O4.Li/c1-3-14(12-8-5-4-6-9-12)23-16-17(20(27)19(16)26)24-15-11-7-10-13(18(15)25)21(28)22-2;/h4-11,14H,3H2,1-2H3,(H4,22,23,24,25,26,27,28);/q;+1/p-1/t14-;/m1./s1. The molecule has 0 spiro atoms. The third kappa shape index (κ3) is 4.37. The number of nitrogens with zero attached hydrogens (tertiary/aromatic N) is 1. The Balaban J connectivity index is 0.00000300. The van der Waals surface area contributed by atoms with Gasteiger partial charge in [-0.25, -0.2) is 0 Å². The number of carbonyl (C=O) groups excluding carboxylic acids is 1. The Kier molecular flexibility index (Phi) is 7.27. The quantitative estimate of drug-likeness (QED) is 0.399. The van der Waals surface area contributed by atoms with Gasteiger partial charge in [0, 0.05) is 7.05 Å². The Bertz CT molecular complexity index is 1080. The molecule has 0 aromatic heterocycles. The fraction of sp³-hybridized carbons (Fsp3) is 0.190. The van der Waals surface area contributed by atoms with Crippen LogP contribution in [0.25, 0.3) is 5.32 Å². The van der Waals surface area contributed by atoms with E-state index in [1.54, 1.807) is 6.07 Å². The molecule has 0 aliphatic carbocycles. The fourth-order valence-corrected chi connectivity index (χ4v) is 2.96. The van der Waals surface area contributed by atoms with Crippen molar-refractivity contribution in [3.05, 3.63) is 85.4 Å². The fourth-order valence-electron chi connectivity index (χ4n) is 2.96. The minimum atomic E-state index is -0.727. The van der Waals surface area contributed by atoms with Gasteiger partial charge >= 0.3 is 18.9 Å². The number of phenolic OH excluding ortho intramolecular Hbond substituents is 1. The molecule has 3 aromatic carbocycles. The van der Waals surface area contributed by atoms with E-state index in [0.717, 1.165) is 5.56 Å². The molecule has 3 rings (SSSR count). The number of anilines is 1. The van der Waals surface area contributed by atoms with Gasteiger partial charge in [0.2, 0.25) is 10.9 Å². The summed E-state index contributed by atoms with van der Waals surface area (Å²) in [6.07, 6.45) is 0.694. The van der Waals surface area contributed by atoms with Gasteiger partial charge in [0.15, 0.2) is 0 Å². The van der Waals surface area contributed by atoms with Gasteiger partial charge in [-0.05, 0) is 18.1 Å². The van der Waals surface area contributed by atoms with E-state index in [1.165, 1.54) is 19.2 Å². The van der Waals surface area contributed by atoms with E-state index >= 15 is 0 Å². The summed E-state index contributed by atoms with van der Waals surface area (Å²) in [6.45, 7) is 1.96. The van der Waals surface area contributed by atoms with Crippen LogP contribution in [0.4, 0.5) is 17.1 Å². The summed E-state index contributed by atoms with van der Waals surface area (Å²) in [4.78, 5) is 36.0. The first-order chi connectivity index (χ1) is 13.5. The molecular formula is C21H20LiN3O4. The average Bonchev–Trinajstić information content (AvgIpc) is 2.74. The molecule has 0 aliphatic heterocycles. The number of amides is 1.